The minimum Gasteiger partial charge on any atom is -0.481 e. The van der Waals surface area contributed by atoms with Crippen LogP contribution in [0.4, 0.5) is 0 Å². The highest BCUT2D eigenvalue weighted by Gasteiger charge is 2.22. The fourth-order valence-corrected chi connectivity index (χ4v) is 2.97. The Morgan fingerprint density at radius 2 is 2.00 bits per heavy atom. The van der Waals surface area contributed by atoms with Crippen LogP contribution in [0.5, 0.6) is 0 Å². The van der Waals surface area contributed by atoms with Crippen LogP contribution in [0.1, 0.15) is 23.5 Å². The molecule has 0 spiro atoms. The summed E-state index contributed by atoms with van der Waals surface area (Å²) in [6.07, 6.45) is 0. The SMILES string of the molecule is CC(C)C(CNC(=O)c1cc2ccccc2s1)C(=O)O. The largest absolute Gasteiger partial charge is 0.481 e. The smallest absolute Gasteiger partial charge is 0.308 e. The zero-order chi connectivity index (χ0) is 14.7. The van der Waals surface area contributed by atoms with E-state index in [1.165, 1.54) is 11.3 Å². The number of carboxylic acid groups (broad SMARTS) is 1. The fourth-order valence-electron chi connectivity index (χ4n) is 1.99. The van der Waals surface area contributed by atoms with E-state index in [4.69, 9.17) is 5.11 Å². The van der Waals surface area contributed by atoms with E-state index in [0.29, 0.717) is 4.88 Å². The molecule has 20 heavy (non-hydrogen) atoms. The van der Waals surface area contributed by atoms with Crippen LogP contribution in [0.25, 0.3) is 10.1 Å². The lowest BCUT2D eigenvalue weighted by atomic mass is 9.96. The highest BCUT2D eigenvalue weighted by molar-refractivity contribution is 7.20. The molecular formula is C15H17NO3S. The molecule has 1 amide bonds. The molecule has 1 atom stereocenters. The number of aliphatic carboxylic acids is 1. The average molecular weight is 291 g/mol. The van der Waals surface area contributed by atoms with E-state index in [0.717, 1.165) is 10.1 Å². The van der Waals surface area contributed by atoms with Gasteiger partial charge < -0.3 is 10.4 Å². The lowest BCUT2D eigenvalue weighted by molar-refractivity contribution is -0.142. The molecule has 4 nitrogen and oxygen atoms in total. The van der Waals surface area contributed by atoms with E-state index >= 15 is 0 Å². The van der Waals surface area contributed by atoms with Gasteiger partial charge in [0.05, 0.1) is 10.8 Å². The molecule has 0 saturated carbocycles. The molecule has 0 saturated heterocycles. The van der Waals surface area contributed by atoms with Gasteiger partial charge in [0, 0.05) is 11.2 Å². The zero-order valence-corrected chi connectivity index (χ0v) is 12.2. The van der Waals surface area contributed by atoms with Gasteiger partial charge in [-0.2, -0.15) is 0 Å². The summed E-state index contributed by atoms with van der Waals surface area (Å²) in [7, 11) is 0. The molecule has 0 aliphatic rings. The molecule has 2 N–H and O–H groups in total. The minimum absolute atomic E-state index is 0.0183. The number of hydrogen-bond donors (Lipinski definition) is 2. The van der Waals surface area contributed by atoms with Crippen LogP contribution in [0, 0.1) is 11.8 Å². The molecule has 2 aromatic rings. The number of nitrogens with one attached hydrogen (secondary N) is 1. The fraction of sp³-hybridized carbons (Fsp3) is 0.333. The van der Waals surface area contributed by atoms with Crippen molar-refractivity contribution >= 4 is 33.3 Å². The Balaban J connectivity index is 2.06. The van der Waals surface area contributed by atoms with Crippen LogP contribution < -0.4 is 5.32 Å². The van der Waals surface area contributed by atoms with Gasteiger partial charge in [0.2, 0.25) is 0 Å². The molecule has 0 radical (unpaired) electrons. The number of carbonyl (C=O) groups excluding carboxylic acids is 1. The summed E-state index contributed by atoms with van der Waals surface area (Å²) >= 11 is 1.41. The van der Waals surface area contributed by atoms with E-state index in [1.807, 2.05) is 44.2 Å². The molecule has 5 heteroatoms. The topological polar surface area (TPSA) is 66.4 Å². The highest BCUT2D eigenvalue weighted by Crippen LogP contribution is 2.25. The highest BCUT2D eigenvalue weighted by atomic mass is 32.1. The summed E-state index contributed by atoms with van der Waals surface area (Å²) in [6.45, 7) is 3.83. The second-order valence-corrected chi connectivity index (χ2v) is 6.13. The summed E-state index contributed by atoms with van der Waals surface area (Å²) in [5.74, 6) is -1.67. The summed E-state index contributed by atoms with van der Waals surface area (Å²) < 4.78 is 1.05. The molecule has 1 unspecified atom stereocenters. The Morgan fingerprint density at radius 1 is 1.30 bits per heavy atom. The minimum atomic E-state index is -0.878. The first-order chi connectivity index (χ1) is 9.49. The van der Waals surface area contributed by atoms with Crippen molar-refractivity contribution < 1.29 is 14.7 Å². The number of fused-ring (bicyclic) bond motifs is 1. The predicted molar refractivity (Wildman–Crippen MR) is 80.1 cm³/mol. The van der Waals surface area contributed by atoms with Crippen molar-refractivity contribution in [2.45, 2.75) is 13.8 Å². The Kier molecular flexibility index (Phi) is 4.39. The second kappa shape index (κ2) is 6.05. The maximum absolute atomic E-state index is 12.1. The van der Waals surface area contributed by atoms with Gasteiger partial charge in [0.15, 0.2) is 0 Å². The van der Waals surface area contributed by atoms with Crippen LogP contribution in [-0.2, 0) is 4.79 Å². The van der Waals surface area contributed by atoms with E-state index in [1.54, 1.807) is 0 Å². The Bertz CT molecular complexity index is 600. The van der Waals surface area contributed by atoms with Crippen LogP contribution >= 0.6 is 11.3 Å². The Morgan fingerprint density at radius 3 is 2.60 bits per heavy atom. The molecule has 0 aliphatic heterocycles. The quantitative estimate of drug-likeness (QED) is 0.890. The maximum Gasteiger partial charge on any atom is 0.308 e. The number of carbonyl (C=O) groups is 2. The number of amides is 1. The number of rotatable bonds is 5. The first-order valence-electron chi connectivity index (χ1n) is 6.48. The monoisotopic (exact) mass is 291 g/mol. The van der Waals surface area contributed by atoms with Gasteiger partial charge in [-0.15, -0.1) is 11.3 Å². The van der Waals surface area contributed by atoms with Gasteiger partial charge in [-0.25, -0.2) is 0 Å². The van der Waals surface area contributed by atoms with Crippen molar-refractivity contribution in [3.63, 3.8) is 0 Å². The first kappa shape index (κ1) is 14.5. The summed E-state index contributed by atoms with van der Waals surface area (Å²) in [5, 5.41) is 12.8. The molecule has 106 valence electrons. The van der Waals surface area contributed by atoms with Gasteiger partial charge in [0.1, 0.15) is 0 Å². The van der Waals surface area contributed by atoms with Crippen LogP contribution in [0.15, 0.2) is 30.3 Å². The van der Waals surface area contributed by atoms with Crippen molar-refractivity contribution in [3.8, 4) is 0 Å². The molecular weight excluding hydrogens is 274 g/mol. The van der Waals surface area contributed by atoms with Crippen LogP contribution in [0.2, 0.25) is 0 Å². The maximum atomic E-state index is 12.1. The number of thiophene rings is 1. The lowest BCUT2D eigenvalue weighted by Crippen LogP contribution is -2.35. The first-order valence-corrected chi connectivity index (χ1v) is 7.30. The number of hydrogen-bond acceptors (Lipinski definition) is 3. The number of carboxylic acids is 1. The predicted octanol–water partition coefficient (Wildman–Crippen LogP) is 2.99. The molecule has 0 aliphatic carbocycles. The zero-order valence-electron chi connectivity index (χ0n) is 11.4. The van der Waals surface area contributed by atoms with Gasteiger partial charge >= 0.3 is 5.97 Å². The lowest BCUT2D eigenvalue weighted by Gasteiger charge is -2.16. The summed E-state index contributed by atoms with van der Waals surface area (Å²) in [4.78, 5) is 23.8. The molecule has 1 aromatic heterocycles. The van der Waals surface area contributed by atoms with E-state index in [2.05, 4.69) is 5.32 Å². The average Bonchev–Trinajstić information content (AvgIpc) is 2.81. The summed E-state index contributed by atoms with van der Waals surface area (Å²) in [6, 6.07) is 9.61. The van der Waals surface area contributed by atoms with E-state index < -0.39 is 11.9 Å². The third-order valence-electron chi connectivity index (χ3n) is 3.25. The molecule has 1 aromatic carbocycles. The van der Waals surface area contributed by atoms with Crippen LogP contribution in [-0.4, -0.2) is 23.5 Å². The van der Waals surface area contributed by atoms with Crippen molar-refractivity contribution in [1.82, 2.24) is 5.32 Å². The molecule has 1 heterocycles. The third kappa shape index (κ3) is 3.17. The van der Waals surface area contributed by atoms with Crippen LogP contribution in [0.3, 0.4) is 0 Å². The van der Waals surface area contributed by atoms with Gasteiger partial charge in [-0.1, -0.05) is 32.0 Å². The van der Waals surface area contributed by atoms with E-state index in [9.17, 15) is 9.59 Å². The third-order valence-corrected chi connectivity index (χ3v) is 4.37. The summed E-state index contributed by atoms with van der Waals surface area (Å²) in [5.41, 5.74) is 0. The van der Waals surface area contributed by atoms with Crippen molar-refractivity contribution in [2.24, 2.45) is 11.8 Å². The van der Waals surface area contributed by atoms with Crippen molar-refractivity contribution in [3.05, 3.63) is 35.2 Å². The number of benzene rings is 1. The van der Waals surface area contributed by atoms with Gasteiger partial charge in [0.25, 0.3) is 5.91 Å². The van der Waals surface area contributed by atoms with Crippen molar-refractivity contribution in [2.75, 3.05) is 6.54 Å². The van der Waals surface area contributed by atoms with E-state index in [-0.39, 0.29) is 18.4 Å². The normalized spacial score (nSPS) is 12.6. The second-order valence-electron chi connectivity index (χ2n) is 5.05. The Labute approximate surface area is 121 Å². The van der Waals surface area contributed by atoms with Crippen molar-refractivity contribution in [1.29, 1.82) is 0 Å². The Hall–Kier alpha value is -1.88. The van der Waals surface area contributed by atoms with Gasteiger partial charge in [-0.3, -0.25) is 9.59 Å². The molecule has 0 bridgehead atoms. The van der Waals surface area contributed by atoms with Gasteiger partial charge in [-0.05, 0) is 23.4 Å². The molecule has 0 fully saturated rings. The standard InChI is InChI=1S/C15H17NO3S/c1-9(2)11(15(18)19)8-16-14(17)13-7-10-5-3-4-6-12(10)20-13/h3-7,9,11H,8H2,1-2H3,(H,16,17)(H,18,19). The molecule has 2 rings (SSSR count).